The van der Waals surface area contributed by atoms with Crippen molar-refractivity contribution in [1.82, 2.24) is 14.7 Å². The maximum atomic E-state index is 13.1. The first-order chi connectivity index (χ1) is 13.6. The molecule has 0 bridgehead atoms. The van der Waals surface area contributed by atoms with Crippen molar-refractivity contribution in [2.75, 3.05) is 19.6 Å². The van der Waals surface area contributed by atoms with Crippen molar-refractivity contribution in [3.63, 3.8) is 0 Å². The molecule has 6 nitrogen and oxygen atoms in total. The first-order valence-electron chi connectivity index (χ1n) is 11.6. The second-order valence-electron chi connectivity index (χ2n) is 9.23. The Bertz CT molecular complexity index is 596. The highest BCUT2D eigenvalue weighted by Crippen LogP contribution is 2.31. The molecule has 0 radical (unpaired) electrons. The first kappa shape index (κ1) is 19.7. The Labute approximate surface area is 168 Å². The molecule has 4 aliphatic rings. The van der Waals surface area contributed by atoms with Crippen molar-refractivity contribution in [1.29, 1.82) is 0 Å². The van der Waals surface area contributed by atoms with Crippen LogP contribution in [0.1, 0.15) is 83.5 Å². The van der Waals surface area contributed by atoms with Gasteiger partial charge in [-0.3, -0.25) is 14.5 Å². The van der Waals surface area contributed by atoms with E-state index in [4.69, 9.17) is 0 Å². The fourth-order valence-corrected chi connectivity index (χ4v) is 5.68. The van der Waals surface area contributed by atoms with Crippen LogP contribution in [0.3, 0.4) is 0 Å². The lowest BCUT2D eigenvalue weighted by molar-refractivity contribution is -0.134. The zero-order valence-electron chi connectivity index (χ0n) is 17.1. The van der Waals surface area contributed by atoms with Crippen LogP contribution >= 0.6 is 0 Å². The Balaban J connectivity index is 1.37. The summed E-state index contributed by atoms with van der Waals surface area (Å²) in [5.74, 6) is 0.797. The van der Waals surface area contributed by atoms with Crippen LogP contribution in [0.25, 0.3) is 0 Å². The summed E-state index contributed by atoms with van der Waals surface area (Å²) in [6, 6.07) is -0.509. The summed E-state index contributed by atoms with van der Waals surface area (Å²) in [6.45, 7) is 1.64. The van der Waals surface area contributed by atoms with Gasteiger partial charge in [0.15, 0.2) is 0 Å². The molecule has 0 N–H and O–H groups in total. The van der Waals surface area contributed by atoms with E-state index in [0.717, 1.165) is 38.5 Å². The van der Waals surface area contributed by atoms with E-state index in [0.29, 0.717) is 32.0 Å². The van der Waals surface area contributed by atoms with Crippen LogP contribution in [0.15, 0.2) is 0 Å². The summed E-state index contributed by atoms with van der Waals surface area (Å²) in [5.41, 5.74) is 0. The number of hydrogen-bond acceptors (Lipinski definition) is 3. The van der Waals surface area contributed by atoms with E-state index in [1.807, 2.05) is 4.90 Å². The third-order valence-corrected chi connectivity index (χ3v) is 7.35. The maximum Gasteiger partial charge on any atom is 0.327 e. The van der Waals surface area contributed by atoms with Crippen LogP contribution in [0.2, 0.25) is 0 Å². The van der Waals surface area contributed by atoms with Crippen molar-refractivity contribution in [3.05, 3.63) is 0 Å². The van der Waals surface area contributed by atoms with Crippen LogP contribution in [0.5, 0.6) is 0 Å². The fourth-order valence-electron chi connectivity index (χ4n) is 5.68. The zero-order chi connectivity index (χ0) is 19.5. The van der Waals surface area contributed by atoms with Crippen molar-refractivity contribution in [2.24, 2.45) is 5.92 Å². The summed E-state index contributed by atoms with van der Waals surface area (Å²) in [6.07, 6.45) is 14.0. The van der Waals surface area contributed by atoms with Crippen LogP contribution < -0.4 is 0 Å². The molecule has 28 heavy (non-hydrogen) atoms. The average Bonchev–Trinajstić information content (AvgIpc) is 2.89. The summed E-state index contributed by atoms with van der Waals surface area (Å²) in [5, 5.41) is 0. The smallest absolute Gasteiger partial charge is 0.327 e. The standard InChI is InChI=1S/C22H35N3O3/c26-20(13-12-17-8-3-1-4-9-17)23-14-7-15-24-19(16-23)21(27)25(22(24)28)18-10-5-2-6-11-18/h17-19H,1-16H2. The fraction of sp³-hybridized carbons (Fsp3) is 0.864. The molecule has 4 amide bonds. The average molecular weight is 390 g/mol. The molecule has 0 aromatic heterocycles. The first-order valence-corrected chi connectivity index (χ1v) is 11.6. The summed E-state index contributed by atoms with van der Waals surface area (Å²) in [4.78, 5) is 44.0. The number of fused-ring (bicyclic) bond motifs is 1. The lowest BCUT2D eigenvalue weighted by atomic mass is 9.86. The van der Waals surface area contributed by atoms with Gasteiger partial charge in [0.2, 0.25) is 5.91 Å². The highest BCUT2D eigenvalue weighted by Gasteiger charge is 2.49. The van der Waals surface area contributed by atoms with E-state index < -0.39 is 6.04 Å². The second kappa shape index (κ2) is 8.83. The molecule has 156 valence electrons. The molecule has 4 fully saturated rings. The predicted octanol–water partition coefficient (Wildman–Crippen LogP) is 3.54. The van der Waals surface area contributed by atoms with Gasteiger partial charge in [-0.15, -0.1) is 0 Å². The van der Waals surface area contributed by atoms with Gasteiger partial charge in [0.25, 0.3) is 5.91 Å². The van der Waals surface area contributed by atoms with Crippen molar-refractivity contribution >= 4 is 17.8 Å². The monoisotopic (exact) mass is 389 g/mol. The molecule has 1 unspecified atom stereocenters. The number of rotatable bonds is 4. The van der Waals surface area contributed by atoms with E-state index in [2.05, 4.69) is 0 Å². The van der Waals surface area contributed by atoms with E-state index in [1.165, 1.54) is 38.5 Å². The quantitative estimate of drug-likeness (QED) is 0.691. The lowest BCUT2D eigenvalue weighted by Crippen LogP contribution is -2.45. The normalized spacial score (nSPS) is 27.9. The van der Waals surface area contributed by atoms with Gasteiger partial charge in [-0.1, -0.05) is 51.4 Å². The number of nitrogens with zero attached hydrogens (tertiary/aromatic N) is 3. The molecular formula is C22H35N3O3. The second-order valence-corrected chi connectivity index (χ2v) is 9.23. The van der Waals surface area contributed by atoms with Gasteiger partial charge in [-0.25, -0.2) is 4.79 Å². The molecule has 2 aliphatic heterocycles. The van der Waals surface area contributed by atoms with Gasteiger partial charge in [-0.2, -0.15) is 0 Å². The molecule has 6 heteroatoms. The number of amides is 4. The third kappa shape index (κ3) is 4.06. The van der Waals surface area contributed by atoms with Gasteiger partial charge < -0.3 is 9.80 Å². The summed E-state index contributed by atoms with van der Waals surface area (Å²) in [7, 11) is 0. The maximum absolute atomic E-state index is 13.1. The summed E-state index contributed by atoms with van der Waals surface area (Å²) >= 11 is 0. The Kier molecular flexibility index (Phi) is 6.22. The molecule has 0 aromatic carbocycles. The number of carbonyl (C=O) groups excluding carboxylic acids is 3. The van der Waals surface area contributed by atoms with Crippen molar-refractivity contribution in [3.8, 4) is 0 Å². The molecule has 2 saturated heterocycles. The minimum atomic E-state index is -0.462. The lowest BCUT2D eigenvalue weighted by Gasteiger charge is -2.29. The van der Waals surface area contributed by atoms with Crippen LogP contribution in [-0.4, -0.2) is 64.3 Å². The van der Waals surface area contributed by atoms with E-state index in [1.54, 1.807) is 9.80 Å². The Morgan fingerprint density at radius 1 is 0.857 bits per heavy atom. The molecule has 0 aromatic rings. The van der Waals surface area contributed by atoms with E-state index >= 15 is 0 Å². The molecule has 0 spiro atoms. The van der Waals surface area contributed by atoms with Crippen LogP contribution in [0.4, 0.5) is 4.79 Å². The van der Waals surface area contributed by atoms with Gasteiger partial charge in [0, 0.05) is 25.6 Å². The number of urea groups is 1. The minimum absolute atomic E-state index is 0.0659. The molecule has 4 rings (SSSR count). The van der Waals surface area contributed by atoms with Gasteiger partial charge in [0.1, 0.15) is 6.04 Å². The Morgan fingerprint density at radius 2 is 1.54 bits per heavy atom. The van der Waals surface area contributed by atoms with Crippen LogP contribution in [0, 0.1) is 5.92 Å². The van der Waals surface area contributed by atoms with Crippen LogP contribution in [-0.2, 0) is 9.59 Å². The molecule has 2 heterocycles. The van der Waals surface area contributed by atoms with Gasteiger partial charge >= 0.3 is 6.03 Å². The third-order valence-electron chi connectivity index (χ3n) is 7.35. The number of hydrogen-bond donors (Lipinski definition) is 0. The molecule has 1 atom stereocenters. The van der Waals surface area contributed by atoms with E-state index in [-0.39, 0.29) is 23.9 Å². The predicted molar refractivity (Wildman–Crippen MR) is 107 cm³/mol. The summed E-state index contributed by atoms with van der Waals surface area (Å²) < 4.78 is 0. The van der Waals surface area contributed by atoms with Gasteiger partial charge in [0.05, 0.1) is 6.54 Å². The molecule has 2 aliphatic carbocycles. The highest BCUT2D eigenvalue weighted by atomic mass is 16.2. The largest absolute Gasteiger partial charge is 0.340 e. The minimum Gasteiger partial charge on any atom is -0.340 e. The molecular weight excluding hydrogens is 354 g/mol. The zero-order valence-corrected chi connectivity index (χ0v) is 17.1. The number of imide groups is 1. The van der Waals surface area contributed by atoms with Crippen molar-refractivity contribution < 1.29 is 14.4 Å². The molecule has 2 saturated carbocycles. The SMILES string of the molecule is O=C(CCC1CCCCC1)N1CCCN2C(=O)N(C3CCCCC3)C(=O)C2C1. The van der Waals surface area contributed by atoms with Gasteiger partial charge in [-0.05, 0) is 31.6 Å². The van der Waals surface area contributed by atoms with Crippen molar-refractivity contribution in [2.45, 2.75) is 95.6 Å². The Hall–Kier alpha value is -1.59. The highest BCUT2D eigenvalue weighted by molar-refractivity contribution is 6.05. The van der Waals surface area contributed by atoms with E-state index in [9.17, 15) is 14.4 Å². The Morgan fingerprint density at radius 3 is 2.25 bits per heavy atom. The topological polar surface area (TPSA) is 60.9 Å². The number of carbonyl (C=O) groups is 3.